The van der Waals surface area contributed by atoms with E-state index in [1.165, 1.54) is 6.07 Å². The van der Waals surface area contributed by atoms with E-state index in [-0.39, 0.29) is 11.2 Å². The van der Waals surface area contributed by atoms with Crippen LogP contribution in [0.4, 0.5) is 4.39 Å². The van der Waals surface area contributed by atoms with Gasteiger partial charge < -0.3 is 5.73 Å². The molecule has 0 radical (unpaired) electrons. The maximum atomic E-state index is 13.6. The van der Waals surface area contributed by atoms with E-state index in [2.05, 4.69) is 5.10 Å². The second kappa shape index (κ2) is 4.30. The molecule has 0 aliphatic carbocycles. The normalized spacial score (nSPS) is 11.8. The van der Waals surface area contributed by atoms with Crippen LogP contribution in [0.1, 0.15) is 19.5 Å². The number of nitrogens with two attached hydrogens (primary N) is 1. The van der Waals surface area contributed by atoms with E-state index >= 15 is 0 Å². The lowest BCUT2D eigenvalue weighted by Gasteiger charge is -2.19. The molecule has 1 heterocycles. The summed E-state index contributed by atoms with van der Waals surface area (Å²) in [6, 6.07) is 8.44. The smallest absolute Gasteiger partial charge is 0.148 e. The lowest BCUT2D eigenvalue weighted by molar-refractivity contribution is 0.514. The van der Waals surface area contributed by atoms with Crippen molar-refractivity contribution in [1.82, 2.24) is 9.78 Å². The molecule has 3 nitrogen and oxygen atoms in total. The van der Waals surface area contributed by atoms with Crippen molar-refractivity contribution >= 4 is 0 Å². The molecule has 17 heavy (non-hydrogen) atoms. The van der Waals surface area contributed by atoms with Crippen LogP contribution >= 0.6 is 0 Å². The Labute approximate surface area is 100 Å². The minimum Gasteiger partial charge on any atom is -0.330 e. The van der Waals surface area contributed by atoms with Crippen LogP contribution in [0.15, 0.2) is 36.5 Å². The van der Waals surface area contributed by atoms with Gasteiger partial charge in [-0.3, -0.25) is 0 Å². The van der Waals surface area contributed by atoms with E-state index in [4.69, 9.17) is 5.73 Å². The number of para-hydroxylation sites is 1. The van der Waals surface area contributed by atoms with Gasteiger partial charge in [-0.25, -0.2) is 9.07 Å². The molecule has 0 fully saturated rings. The third-order valence-electron chi connectivity index (χ3n) is 2.89. The van der Waals surface area contributed by atoms with Crippen LogP contribution in [0.5, 0.6) is 0 Å². The topological polar surface area (TPSA) is 43.8 Å². The molecule has 4 heteroatoms. The maximum absolute atomic E-state index is 13.6. The number of benzene rings is 1. The minimum atomic E-state index is -0.285. The first-order chi connectivity index (χ1) is 8.04. The van der Waals surface area contributed by atoms with Gasteiger partial charge >= 0.3 is 0 Å². The highest BCUT2D eigenvalue weighted by Crippen LogP contribution is 2.21. The van der Waals surface area contributed by atoms with Gasteiger partial charge in [-0.05, 0) is 18.2 Å². The second-order valence-corrected chi connectivity index (χ2v) is 4.68. The van der Waals surface area contributed by atoms with Crippen LogP contribution in [-0.4, -0.2) is 16.3 Å². The summed E-state index contributed by atoms with van der Waals surface area (Å²) < 4.78 is 15.1. The molecule has 2 N–H and O–H groups in total. The Bertz CT molecular complexity index is 517. The van der Waals surface area contributed by atoms with Crippen molar-refractivity contribution in [1.29, 1.82) is 0 Å². The van der Waals surface area contributed by atoms with E-state index in [1.54, 1.807) is 29.1 Å². The molecule has 90 valence electrons. The molecular weight excluding hydrogens is 217 g/mol. The maximum Gasteiger partial charge on any atom is 0.148 e. The Morgan fingerprint density at radius 2 is 2.00 bits per heavy atom. The van der Waals surface area contributed by atoms with Crippen molar-refractivity contribution < 1.29 is 4.39 Å². The summed E-state index contributed by atoms with van der Waals surface area (Å²) >= 11 is 0. The fraction of sp³-hybridized carbons (Fsp3) is 0.308. The lowest BCUT2D eigenvalue weighted by Crippen LogP contribution is -2.28. The quantitative estimate of drug-likeness (QED) is 0.883. The molecule has 0 amide bonds. The third kappa shape index (κ3) is 2.22. The van der Waals surface area contributed by atoms with Crippen LogP contribution in [-0.2, 0) is 5.41 Å². The summed E-state index contributed by atoms with van der Waals surface area (Å²) in [5.74, 6) is -0.285. The van der Waals surface area contributed by atoms with Crippen LogP contribution in [0.2, 0.25) is 0 Å². The molecule has 0 bridgehead atoms. The van der Waals surface area contributed by atoms with Crippen LogP contribution < -0.4 is 5.73 Å². The predicted molar refractivity (Wildman–Crippen MR) is 65.6 cm³/mol. The fourth-order valence-corrected chi connectivity index (χ4v) is 1.56. The molecule has 0 aliphatic heterocycles. The van der Waals surface area contributed by atoms with Gasteiger partial charge in [-0.1, -0.05) is 26.0 Å². The number of hydrogen-bond acceptors (Lipinski definition) is 2. The zero-order valence-electron chi connectivity index (χ0n) is 10.0. The van der Waals surface area contributed by atoms with Gasteiger partial charge in [-0.2, -0.15) is 5.10 Å². The monoisotopic (exact) mass is 233 g/mol. The number of hydrogen-bond donors (Lipinski definition) is 1. The lowest BCUT2D eigenvalue weighted by atomic mass is 9.90. The van der Waals surface area contributed by atoms with Crippen molar-refractivity contribution in [2.24, 2.45) is 5.73 Å². The fourth-order valence-electron chi connectivity index (χ4n) is 1.56. The summed E-state index contributed by atoms with van der Waals surface area (Å²) in [4.78, 5) is 0. The van der Waals surface area contributed by atoms with Crippen molar-refractivity contribution in [3.05, 3.63) is 48.0 Å². The van der Waals surface area contributed by atoms with E-state index < -0.39 is 0 Å². The first-order valence-corrected chi connectivity index (χ1v) is 5.56. The zero-order chi connectivity index (χ0) is 12.5. The number of aromatic nitrogens is 2. The molecule has 0 atom stereocenters. The van der Waals surface area contributed by atoms with Gasteiger partial charge in [-0.15, -0.1) is 0 Å². The standard InChI is InChI=1S/C13H16FN3/c1-13(2,9-15)12-7-8-17(16-12)11-6-4-3-5-10(11)14/h3-8H,9,15H2,1-2H3. The average Bonchev–Trinajstić information content (AvgIpc) is 2.79. The van der Waals surface area contributed by atoms with Crippen molar-refractivity contribution in [2.45, 2.75) is 19.3 Å². The molecule has 0 unspecified atom stereocenters. The van der Waals surface area contributed by atoms with Gasteiger partial charge in [0.1, 0.15) is 11.5 Å². The van der Waals surface area contributed by atoms with E-state index in [0.29, 0.717) is 12.2 Å². The Morgan fingerprint density at radius 1 is 1.29 bits per heavy atom. The minimum absolute atomic E-state index is 0.198. The van der Waals surface area contributed by atoms with E-state index in [0.717, 1.165) is 5.69 Å². The summed E-state index contributed by atoms with van der Waals surface area (Å²) in [5, 5.41) is 4.38. The Kier molecular flexibility index (Phi) is 2.98. The molecule has 2 rings (SSSR count). The Morgan fingerprint density at radius 3 is 2.65 bits per heavy atom. The van der Waals surface area contributed by atoms with E-state index in [9.17, 15) is 4.39 Å². The molecule has 2 aromatic rings. The molecule has 0 saturated heterocycles. The van der Waals surface area contributed by atoms with Crippen molar-refractivity contribution in [3.63, 3.8) is 0 Å². The predicted octanol–water partition coefficient (Wildman–Crippen LogP) is 2.25. The first-order valence-electron chi connectivity index (χ1n) is 5.56. The Hall–Kier alpha value is -1.68. The van der Waals surface area contributed by atoms with Gasteiger partial charge in [0.2, 0.25) is 0 Å². The van der Waals surface area contributed by atoms with Crippen molar-refractivity contribution in [2.75, 3.05) is 6.54 Å². The molecule has 0 saturated carbocycles. The van der Waals surface area contributed by atoms with Gasteiger partial charge in [0.25, 0.3) is 0 Å². The van der Waals surface area contributed by atoms with E-state index in [1.807, 2.05) is 19.9 Å². The molecule has 0 aliphatic rings. The van der Waals surface area contributed by atoms with Crippen LogP contribution in [0.25, 0.3) is 5.69 Å². The SMILES string of the molecule is CC(C)(CN)c1ccn(-c2ccccc2F)n1. The zero-order valence-corrected chi connectivity index (χ0v) is 10.0. The van der Waals surface area contributed by atoms with Gasteiger partial charge in [0.15, 0.2) is 0 Å². The number of rotatable bonds is 3. The third-order valence-corrected chi connectivity index (χ3v) is 2.89. The number of halogens is 1. The Balaban J connectivity index is 2.40. The highest BCUT2D eigenvalue weighted by molar-refractivity contribution is 5.33. The summed E-state index contributed by atoms with van der Waals surface area (Å²) in [6.45, 7) is 4.53. The molecule has 1 aromatic heterocycles. The molecule has 0 spiro atoms. The highest BCUT2D eigenvalue weighted by atomic mass is 19.1. The average molecular weight is 233 g/mol. The second-order valence-electron chi connectivity index (χ2n) is 4.68. The summed E-state index contributed by atoms with van der Waals surface area (Å²) in [7, 11) is 0. The molecule has 1 aromatic carbocycles. The summed E-state index contributed by atoms with van der Waals surface area (Å²) in [5.41, 5.74) is 6.81. The summed E-state index contributed by atoms with van der Waals surface area (Å²) in [6.07, 6.45) is 1.76. The van der Waals surface area contributed by atoms with Crippen LogP contribution in [0.3, 0.4) is 0 Å². The van der Waals surface area contributed by atoms with Crippen LogP contribution in [0, 0.1) is 5.82 Å². The van der Waals surface area contributed by atoms with Gasteiger partial charge in [0.05, 0.1) is 5.69 Å². The largest absolute Gasteiger partial charge is 0.330 e. The highest BCUT2D eigenvalue weighted by Gasteiger charge is 2.21. The molecular formula is C13H16FN3. The first kappa shape index (κ1) is 11.8. The van der Waals surface area contributed by atoms with Gasteiger partial charge in [0, 0.05) is 18.2 Å². The number of nitrogens with zero attached hydrogens (tertiary/aromatic N) is 2. The van der Waals surface area contributed by atoms with Crippen molar-refractivity contribution in [3.8, 4) is 5.69 Å².